The van der Waals surface area contributed by atoms with Crippen LogP contribution < -0.4 is 15.0 Å². The molecule has 1 fully saturated rings. The van der Waals surface area contributed by atoms with Gasteiger partial charge in [0, 0.05) is 13.0 Å². The first-order chi connectivity index (χ1) is 12.1. The Labute approximate surface area is 147 Å². The maximum Gasteiger partial charge on any atom is 0.253 e. The average Bonchev–Trinajstić information content (AvgIpc) is 3.06. The Morgan fingerprint density at radius 1 is 1.16 bits per heavy atom. The number of rotatable bonds is 6. The second-order valence-electron chi connectivity index (χ2n) is 6.08. The molecule has 0 saturated carbocycles. The van der Waals surface area contributed by atoms with E-state index in [0.29, 0.717) is 37.4 Å². The van der Waals surface area contributed by atoms with Gasteiger partial charge >= 0.3 is 0 Å². The lowest BCUT2D eigenvalue weighted by atomic mass is 10.1. The molecule has 0 aliphatic carbocycles. The topological polar surface area (TPSA) is 58.6 Å². The molecule has 0 radical (unpaired) electrons. The van der Waals surface area contributed by atoms with E-state index in [9.17, 15) is 9.59 Å². The van der Waals surface area contributed by atoms with E-state index in [0.717, 1.165) is 12.2 Å². The third kappa shape index (κ3) is 4.18. The molecule has 25 heavy (non-hydrogen) atoms. The van der Waals surface area contributed by atoms with Gasteiger partial charge in [-0.15, -0.1) is 0 Å². The maximum atomic E-state index is 12.5. The first-order valence-electron chi connectivity index (χ1n) is 8.52. The van der Waals surface area contributed by atoms with Crippen LogP contribution in [0.25, 0.3) is 0 Å². The Morgan fingerprint density at radius 2 is 1.92 bits per heavy atom. The number of carbonyl (C=O) groups is 2. The standard InChI is InChI=1S/C20H22N2O3/c1-15-8-10-16(11-9-15)25-14-12-21-20(24)17-5-2-3-6-18(17)22-13-4-7-19(22)23/h2-3,5-6,8-11H,4,7,12-14H2,1H3,(H,21,24). The Balaban J connectivity index is 1.56. The molecule has 2 amide bonds. The average molecular weight is 338 g/mol. The van der Waals surface area contributed by atoms with Crippen molar-refractivity contribution in [1.82, 2.24) is 5.32 Å². The number of nitrogens with zero attached hydrogens (tertiary/aromatic N) is 1. The molecule has 1 aliphatic rings. The van der Waals surface area contributed by atoms with Crippen LogP contribution in [0.1, 0.15) is 28.8 Å². The fourth-order valence-corrected chi connectivity index (χ4v) is 2.87. The number of amides is 2. The van der Waals surface area contributed by atoms with Gasteiger partial charge in [-0.05, 0) is 37.6 Å². The smallest absolute Gasteiger partial charge is 0.253 e. The minimum absolute atomic E-state index is 0.0722. The highest BCUT2D eigenvalue weighted by Crippen LogP contribution is 2.25. The highest BCUT2D eigenvalue weighted by Gasteiger charge is 2.25. The number of hydrogen-bond acceptors (Lipinski definition) is 3. The molecule has 5 heteroatoms. The van der Waals surface area contributed by atoms with E-state index in [1.54, 1.807) is 11.0 Å². The van der Waals surface area contributed by atoms with Crippen LogP contribution in [0.3, 0.4) is 0 Å². The monoisotopic (exact) mass is 338 g/mol. The van der Waals surface area contributed by atoms with Crippen molar-refractivity contribution in [1.29, 1.82) is 0 Å². The number of aryl methyl sites for hydroxylation is 1. The fourth-order valence-electron chi connectivity index (χ4n) is 2.87. The number of nitrogens with one attached hydrogen (secondary N) is 1. The van der Waals surface area contributed by atoms with E-state index >= 15 is 0 Å². The number of benzene rings is 2. The van der Waals surface area contributed by atoms with Crippen molar-refractivity contribution in [2.24, 2.45) is 0 Å². The van der Waals surface area contributed by atoms with Crippen molar-refractivity contribution >= 4 is 17.5 Å². The molecule has 2 aromatic carbocycles. The fraction of sp³-hybridized carbons (Fsp3) is 0.300. The second kappa shape index (κ2) is 7.83. The summed E-state index contributed by atoms with van der Waals surface area (Å²) in [4.78, 5) is 26.1. The Morgan fingerprint density at radius 3 is 2.64 bits per heavy atom. The van der Waals surface area contributed by atoms with Gasteiger partial charge in [0.15, 0.2) is 0 Å². The summed E-state index contributed by atoms with van der Waals surface area (Å²) in [6.45, 7) is 3.47. The summed E-state index contributed by atoms with van der Waals surface area (Å²) in [5.74, 6) is 0.661. The number of ether oxygens (including phenoxy) is 1. The largest absolute Gasteiger partial charge is 0.492 e. The zero-order valence-electron chi connectivity index (χ0n) is 14.3. The zero-order valence-corrected chi connectivity index (χ0v) is 14.3. The van der Waals surface area contributed by atoms with Gasteiger partial charge in [0.25, 0.3) is 5.91 Å². The first-order valence-corrected chi connectivity index (χ1v) is 8.52. The third-order valence-corrected chi connectivity index (χ3v) is 4.19. The van der Waals surface area contributed by atoms with Crippen molar-refractivity contribution in [2.45, 2.75) is 19.8 Å². The summed E-state index contributed by atoms with van der Waals surface area (Å²) < 4.78 is 5.62. The maximum absolute atomic E-state index is 12.5. The van der Waals surface area contributed by atoms with Crippen LogP contribution in [0.5, 0.6) is 5.75 Å². The van der Waals surface area contributed by atoms with Gasteiger partial charge in [-0.25, -0.2) is 0 Å². The van der Waals surface area contributed by atoms with Crippen LogP contribution in [0.2, 0.25) is 0 Å². The normalized spacial score (nSPS) is 13.8. The van der Waals surface area contributed by atoms with Gasteiger partial charge in [0.05, 0.1) is 17.8 Å². The lowest BCUT2D eigenvalue weighted by Crippen LogP contribution is -2.31. The van der Waals surface area contributed by atoms with Crippen molar-refractivity contribution in [3.63, 3.8) is 0 Å². The van der Waals surface area contributed by atoms with Gasteiger partial charge < -0.3 is 15.0 Å². The molecule has 130 valence electrons. The van der Waals surface area contributed by atoms with Crippen molar-refractivity contribution in [3.05, 3.63) is 59.7 Å². The lowest BCUT2D eigenvalue weighted by molar-refractivity contribution is -0.117. The predicted molar refractivity (Wildman–Crippen MR) is 97.0 cm³/mol. The van der Waals surface area contributed by atoms with Crippen LogP contribution in [0.15, 0.2) is 48.5 Å². The Bertz CT molecular complexity index is 756. The highest BCUT2D eigenvalue weighted by molar-refractivity contribution is 6.05. The van der Waals surface area contributed by atoms with Crippen molar-refractivity contribution in [2.75, 3.05) is 24.6 Å². The quantitative estimate of drug-likeness (QED) is 0.824. The summed E-state index contributed by atoms with van der Waals surface area (Å²) in [6, 6.07) is 15.0. The summed E-state index contributed by atoms with van der Waals surface area (Å²) in [7, 11) is 0. The van der Waals surface area contributed by atoms with Crippen molar-refractivity contribution in [3.8, 4) is 5.75 Å². The summed E-state index contributed by atoms with van der Waals surface area (Å²) >= 11 is 0. The van der Waals surface area contributed by atoms with Crippen LogP contribution >= 0.6 is 0 Å². The Kier molecular flexibility index (Phi) is 5.33. The highest BCUT2D eigenvalue weighted by atomic mass is 16.5. The molecule has 0 atom stereocenters. The van der Waals surface area contributed by atoms with Gasteiger partial charge in [0.1, 0.15) is 12.4 Å². The minimum Gasteiger partial charge on any atom is -0.492 e. The third-order valence-electron chi connectivity index (χ3n) is 4.19. The predicted octanol–water partition coefficient (Wildman–Crippen LogP) is 2.93. The van der Waals surface area contributed by atoms with Crippen LogP contribution in [0, 0.1) is 6.92 Å². The van der Waals surface area contributed by atoms with E-state index in [1.807, 2.05) is 49.4 Å². The van der Waals surface area contributed by atoms with E-state index in [4.69, 9.17) is 4.74 Å². The molecule has 1 heterocycles. The van der Waals surface area contributed by atoms with E-state index in [1.165, 1.54) is 5.56 Å². The number of hydrogen-bond donors (Lipinski definition) is 1. The molecule has 0 aromatic heterocycles. The van der Waals surface area contributed by atoms with E-state index in [-0.39, 0.29) is 11.8 Å². The van der Waals surface area contributed by atoms with Crippen LogP contribution in [0.4, 0.5) is 5.69 Å². The molecular formula is C20H22N2O3. The SMILES string of the molecule is Cc1ccc(OCCNC(=O)c2ccccc2N2CCCC2=O)cc1. The first kappa shape index (κ1) is 17.0. The summed E-state index contributed by atoms with van der Waals surface area (Å²) in [5.41, 5.74) is 2.38. The lowest BCUT2D eigenvalue weighted by Gasteiger charge is -2.19. The summed E-state index contributed by atoms with van der Waals surface area (Å²) in [6.07, 6.45) is 1.37. The number of anilines is 1. The Hall–Kier alpha value is -2.82. The van der Waals surface area contributed by atoms with Gasteiger partial charge in [-0.1, -0.05) is 29.8 Å². The van der Waals surface area contributed by atoms with Crippen LogP contribution in [-0.2, 0) is 4.79 Å². The van der Waals surface area contributed by atoms with Gasteiger partial charge in [-0.2, -0.15) is 0 Å². The molecule has 1 saturated heterocycles. The molecular weight excluding hydrogens is 316 g/mol. The number of carbonyl (C=O) groups excluding carboxylic acids is 2. The molecule has 1 aliphatic heterocycles. The number of para-hydroxylation sites is 1. The molecule has 0 unspecified atom stereocenters. The minimum atomic E-state index is -0.192. The van der Waals surface area contributed by atoms with Crippen LogP contribution in [-0.4, -0.2) is 31.5 Å². The molecule has 0 bridgehead atoms. The molecule has 1 N–H and O–H groups in total. The van der Waals surface area contributed by atoms with E-state index in [2.05, 4.69) is 5.32 Å². The molecule has 3 rings (SSSR count). The summed E-state index contributed by atoms with van der Waals surface area (Å²) in [5, 5.41) is 2.86. The van der Waals surface area contributed by atoms with Crippen molar-refractivity contribution < 1.29 is 14.3 Å². The van der Waals surface area contributed by atoms with Gasteiger partial charge in [-0.3, -0.25) is 9.59 Å². The molecule has 0 spiro atoms. The molecule has 2 aromatic rings. The zero-order chi connectivity index (χ0) is 17.6. The molecule has 5 nitrogen and oxygen atoms in total. The van der Waals surface area contributed by atoms with E-state index < -0.39 is 0 Å². The second-order valence-corrected chi connectivity index (χ2v) is 6.08. The van der Waals surface area contributed by atoms with Gasteiger partial charge in [0.2, 0.25) is 5.91 Å².